The maximum atomic E-state index is 13.4. The molecular weight excluding hydrogens is 500 g/mol. The van der Waals surface area contributed by atoms with E-state index in [1.165, 1.54) is 60.7 Å². The van der Waals surface area contributed by atoms with Crippen LogP contribution in [0.3, 0.4) is 0 Å². The third-order valence-electron chi connectivity index (χ3n) is 5.58. The fourth-order valence-corrected chi connectivity index (χ4v) is 4.76. The molecule has 1 N–H and O–H groups in total. The number of hydrogen-bond acceptors (Lipinski definition) is 8. The summed E-state index contributed by atoms with van der Waals surface area (Å²) in [6.07, 6.45) is 0. The van der Waals surface area contributed by atoms with Crippen LogP contribution in [0.4, 0.5) is 11.4 Å². The molecule has 0 saturated heterocycles. The lowest BCUT2D eigenvalue weighted by Gasteiger charge is -2.14. The Morgan fingerprint density at radius 2 is 1.16 bits per heavy atom. The minimum Gasteiger partial charge on any atom is -0.258 e. The van der Waals surface area contributed by atoms with Crippen LogP contribution in [0.2, 0.25) is 0 Å². The van der Waals surface area contributed by atoms with E-state index in [0.717, 1.165) is 15.4 Å². The van der Waals surface area contributed by atoms with E-state index in [1.54, 1.807) is 18.2 Å². The summed E-state index contributed by atoms with van der Waals surface area (Å²) in [6, 6.07) is 22.7. The van der Waals surface area contributed by atoms with E-state index >= 15 is 0 Å². The second-order valence-corrected chi connectivity index (χ2v) is 9.56. The van der Waals surface area contributed by atoms with Gasteiger partial charge in [-0.05, 0) is 47.2 Å². The van der Waals surface area contributed by atoms with Crippen molar-refractivity contribution in [3.63, 3.8) is 0 Å². The summed E-state index contributed by atoms with van der Waals surface area (Å²) in [4.78, 5) is 23.5. The Hall–Kier alpha value is -5.17. The predicted molar refractivity (Wildman–Crippen MR) is 135 cm³/mol. The first kappa shape index (κ1) is 23.6. The number of aromatic nitrogens is 3. The van der Waals surface area contributed by atoms with E-state index in [2.05, 4.69) is 15.0 Å². The number of hydrogen-bond donors (Lipinski definition) is 1. The number of nitrogens with zero attached hydrogens (tertiary/aromatic N) is 5. The van der Waals surface area contributed by atoms with Crippen molar-refractivity contribution in [2.75, 3.05) is 4.83 Å². The molecule has 1 heterocycles. The molecule has 0 fully saturated rings. The second kappa shape index (κ2) is 9.13. The van der Waals surface area contributed by atoms with Crippen LogP contribution in [-0.2, 0) is 10.0 Å². The Morgan fingerprint density at radius 3 is 1.65 bits per heavy atom. The smallest absolute Gasteiger partial charge is 0.258 e. The molecule has 0 saturated carbocycles. The van der Waals surface area contributed by atoms with Crippen molar-refractivity contribution in [2.45, 2.75) is 4.90 Å². The lowest BCUT2D eigenvalue weighted by atomic mass is 10.1. The van der Waals surface area contributed by atoms with Gasteiger partial charge in [0.25, 0.3) is 21.4 Å². The first-order chi connectivity index (χ1) is 17.7. The highest BCUT2D eigenvalue weighted by molar-refractivity contribution is 7.92. The van der Waals surface area contributed by atoms with Gasteiger partial charge in [-0.2, -0.15) is 8.42 Å². The standard InChI is InChI=1S/C24H16N6O6S/c31-29(32)20-10-5-17(6-11-20)23-25-26-24(18-7-12-21(13-8-18)30(33)34)28(23)27-37(35,36)22-14-9-16-3-1-2-4-19(16)15-22/h1-15,27H. The van der Waals surface area contributed by atoms with E-state index in [0.29, 0.717) is 11.1 Å². The first-order valence-electron chi connectivity index (χ1n) is 10.7. The molecular formula is C24H16N6O6S. The summed E-state index contributed by atoms with van der Waals surface area (Å²) < 4.78 is 28.0. The summed E-state index contributed by atoms with van der Waals surface area (Å²) in [5, 5.41) is 31.9. The Morgan fingerprint density at radius 1 is 0.676 bits per heavy atom. The number of benzene rings is 4. The van der Waals surface area contributed by atoms with E-state index in [1.807, 2.05) is 12.1 Å². The Labute approximate surface area is 209 Å². The van der Waals surface area contributed by atoms with Crippen LogP contribution in [0.15, 0.2) is 95.9 Å². The Balaban J connectivity index is 1.62. The molecule has 1 aromatic heterocycles. The van der Waals surface area contributed by atoms with E-state index in [-0.39, 0.29) is 27.9 Å². The largest absolute Gasteiger partial charge is 0.275 e. The molecule has 12 nitrogen and oxygen atoms in total. The number of nitrogens with one attached hydrogen (secondary N) is 1. The normalized spacial score (nSPS) is 11.4. The lowest BCUT2D eigenvalue weighted by molar-refractivity contribution is -0.385. The minimum atomic E-state index is -4.16. The zero-order valence-electron chi connectivity index (χ0n) is 18.8. The van der Waals surface area contributed by atoms with Crippen LogP contribution in [0.1, 0.15) is 0 Å². The molecule has 0 radical (unpaired) electrons. The molecule has 0 unspecified atom stereocenters. The quantitative estimate of drug-likeness (QED) is 0.244. The van der Waals surface area contributed by atoms with Gasteiger partial charge in [-0.15, -0.1) is 10.2 Å². The van der Waals surface area contributed by atoms with Gasteiger partial charge in [-0.1, -0.05) is 30.3 Å². The fourth-order valence-electron chi connectivity index (χ4n) is 3.72. The van der Waals surface area contributed by atoms with E-state index in [4.69, 9.17) is 0 Å². The third-order valence-corrected chi connectivity index (χ3v) is 6.88. The van der Waals surface area contributed by atoms with Gasteiger partial charge < -0.3 is 0 Å². The van der Waals surface area contributed by atoms with Crippen LogP contribution in [-0.4, -0.2) is 33.1 Å². The summed E-state index contributed by atoms with van der Waals surface area (Å²) >= 11 is 0. The zero-order valence-corrected chi connectivity index (χ0v) is 19.6. The number of rotatable bonds is 7. The molecule has 37 heavy (non-hydrogen) atoms. The lowest BCUT2D eigenvalue weighted by Crippen LogP contribution is -2.25. The van der Waals surface area contributed by atoms with Gasteiger partial charge in [0.05, 0.1) is 14.7 Å². The summed E-state index contributed by atoms with van der Waals surface area (Å²) in [5.74, 6) is 0.125. The summed E-state index contributed by atoms with van der Waals surface area (Å²) in [5.41, 5.74) is 0.407. The van der Waals surface area contributed by atoms with Crippen molar-refractivity contribution >= 4 is 32.2 Å². The molecule has 4 aromatic carbocycles. The van der Waals surface area contributed by atoms with Gasteiger partial charge >= 0.3 is 0 Å². The van der Waals surface area contributed by atoms with Crippen LogP contribution in [0, 0.1) is 20.2 Å². The predicted octanol–water partition coefficient (Wildman–Crippen LogP) is 4.51. The van der Waals surface area contributed by atoms with E-state index in [9.17, 15) is 28.6 Å². The molecule has 0 aliphatic carbocycles. The van der Waals surface area contributed by atoms with Gasteiger partial charge in [0.1, 0.15) is 0 Å². The molecule has 0 bridgehead atoms. The Bertz CT molecular complexity index is 1690. The molecule has 0 amide bonds. The average molecular weight is 516 g/mol. The van der Waals surface area contributed by atoms with Crippen LogP contribution >= 0.6 is 0 Å². The van der Waals surface area contributed by atoms with Crippen molar-refractivity contribution < 1.29 is 18.3 Å². The first-order valence-corrected chi connectivity index (χ1v) is 12.2. The summed E-state index contributed by atoms with van der Waals surface area (Å²) in [6.45, 7) is 0. The van der Waals surface area contributed by atoms with Gasteiger partial charge in [0.15, 0.2) is 11.6 Å². The number of nitro groups is 2. The van der Waals surface area contributed by atoms with Gasteiger partial charge in [-0.3, -0.25) is 20.2 Å². The average Bonchev–Trinajstić information content (AvgIpc) is 3.31. The maximum Gasteiger partial charge on any atom is 0.275 e. The molecule has 5 aromatic rings. The van der Waals surface area contributed by atoms with Crippen molar-refractivity contribution in [1.82, 2.24) is 14.9 Å². The number of sulfonamides is 1. The zero-order chi connectivity index (χ0) is 26.2. The van der Waals surface area contributed by atoms with Crippen LogP contribution in [0.25, 0.3) is 33.5 Å². The number of nitro benzene ring substituents is 2. The van der Waals surface area contributed by atoms with Gasteiger partial charge in [-0.25, -0.2) is 9.51 Å². The summed E-state index contributed by atoms with van der Waals surface area (Å²) in [7, 11) is -4.16. The highest BCUT2D eigenvalue weighted by Gasteiger charge is 2.23. The fraction of sp³-hybridized carbons (Fsp3) is 0. The topological polar surface area (TPSA) is 163 Å². The number of non-ortho nitro benzene ring substituents is 2. The monoisotopic (exact) mass is 516 g/mol. The second-order valence-electron chi connectivity index (χ2n) is 7.89. The highest BCUT2D eigenvalue weighted by Crippen LogP contribution is 2.28. The van der Waals surface area contributed by atoms with Crippen LogP contribution < -0.4 is 4.83 Å². The Kier molecular flexibility index (Phi) is 5.81. The minimum absolute atomic E-state index is 0.0100. The van der Waals surface area contributed by atoms with E-state index < -0.39 is 19.9 Å². The molecule has 184 valence electrons. The molecule has 13 heteroatoms. The SMILES string of the molecule is O=[N+]([O-])c1ccc(-c2nnc(-c3ccc([N+](=O)[O-])cc3)n2NS(=O)(=O)c2ccc3ccccc3c2)cc1. The molecule has 0 spiro atoms. The number of fused-ring (bicyclic) bond motifs is 1. The molecule has 0 aliphatic heterocycles. The van der Waals surface area contributed by atoms with Crippen molar-refractivity contribution in [1.29, 1.82) is 0 Å². The van der Waals surface area contributed by atoms with Gasteiger partial charge in [0, 0.05) is 35.4 Å². The molecule has 0 atom stereocenters. The highest BCUT2D eigenvalue weighted by atomic mass is 32.2. The van der Waals surface area contributed by atoms with Crippen molar-refractivity contribution in [3.8, 4) is 22.8 Å². The third kappa shape index (κ3) is 4.58. The van der Waals surface area contributed by atoms with Gasteiger partial charge in [0.2, 0.25) is 0 Å². The van der Waals surface area contributed by atoms with Crippen molar-refractivity contribution in [3.05, 3.63) is 111 Å². The van der Waals surface area contributed by atoms with Crippen LogP contribution in [0.5, 0.6) is 0 Å². The maximum absolute atomic E-state index is 13.4. The molecule has 5 rings (SSSR count). The molecule has 0 aliphatic rings. The van der Waals surface area contributed by atoms with Crippen molar-refractivity contribution in [2.24, 2.45) is 0 Å².